The van der Waals surface area contributed by atoms with E-state index in [0.29, 0.717) is 17.9 Å². The zero-order valence-electron chi connectivity index (χ0n) is 16.7. The number of nitrogens with zero attached hydrogens (tertiary/aromatic N) is 4. The Balaban J connectivity index is 1.91. The minimum Gasteiger partial charge on any atom is -0.365 e. The van der Waals surface area contributed by atoms with Gasteiger partial charge >= 0.3 is 0 Å². The van der Waals surface area contributed by atoms with Gasteiger partial charge in [0, 0.05) is 25.0 Å². The lowest BCUT2D eigenvalue weighted by Gasteiger charge is -2.19. The summed E-state index contributed by atoms with van der Waals surface area (Å²) in [6.45, 7) is 2.40. The number of carbonyl (C=O) groups excluding carboxylic acids is 1. The number of anilines is 3. The topological polar surface area (TPSA) is 137 Å². The lowest BCUT2D eigenvalue weighted by atomic mass is 10.1. The van der Waals surface area contributed by atoms with Gasteiger partial charge in [-0.05, 0) is 24.6 Å². The highest BCUT2D eigenvalue weighted by atomic mass is 19.1. The number of hydrogen-bond acceptors (Lipinski definition) is 7. The van der Waals surface area contributed by atoms with E-state index in [1.807, 2.05) is 0 Å². The predicted octanol–water partition coefficient (Wildman–Crippen LogP) is 2.57. The molecule has 0 fully saturated rings. The lowest BCUT2D eigenvalue weighted by molar-refractivity contribution is 0.100. The third kappa shape index (κ3) is 5.09. The van der Waals surface area contributed by atoms with E-state index in [4.69, 9.17) is 11.5 Å². The van der Waals surface area contributed by atoms with Crippen LogP contribution in [0.5, 0.6) is 0 Å². The second-order valence-electron chi connectivity index (χ2n) is 6.81. The second-order valence-corrected chi connectivity index (χ2v) is 6.81. The maximum absolute atomic E-state index is 14.6. The number of primary amides is 1. The smallest absolute Gasteiger partial charge is 0.252 e. The number of unbranched alkanes of at least 4 members (excludes halogenated alkanes) is 1. The van der Waals surface area contributed by atoms with Gasteiger partial charge in [-0.3, -0.25) is 9.78 Å². The molecule has 0 aromatic carbocycles. The number of carbonyl (C=O) groups is 1. The van der Waals surface area contributed by atoms with Crippen molar-refractivity contribution in [1.29, 1.82) is 0 Å². The van der Waals surface area contributed by atoms with Crippen molar-refractivity contribution in [2.75, 3.05) is 17.2 Å². The molecule has 0 radical (unpaired) electrons. The van der Waals surface area contributed by atoms with Gasteiger partial charge in [0.15, 0.2) is 11.6 Å². The fourth-order valence-corrected chi connectivity index (χ4v) is 2.95. The van der Waals surface area contributed by atoms with Crippen molar-refractivity contribution in [1.82, 2.24) is 19.7 Å². The average molecular weight is 412 g/mol. The highest BCUT2D eigenvalue weighted by molar-refractivity contribution is 5.98. The zero-order valence-corrected chi connectivity index (χ0v) is 16.7. The van der Waals surface area contributed by atoms with E-state index < -0.39 is 11.7 Å². The van der Waals surface area contributed by atoms with Crippen molar-refractivity contribution < 1.29 is 9.18 Å². The zero-order chi connectivity index (χ0) is 21.5. The summed E-state index contributed by atoms with van der Waals surface area (Å²) in [5.41, 5.74) is 12.4. The van der Waals surface area contributed by atoms with Crippen molar-refractivity contribution in [2.45, 2.75) is 32.2 Å². The molecule has 0 bridgehead atoms. The molecule has 0 saturated heterocycles. The molecule has 1 amide bonds. The average Bonchev–Trinajstić information content (AvgIpc) is 3.28. The van der Waals surface area contributed by atoms with Crippen LogP contribution in [0.2, 0.25) is 0 Å². The molecule has 30 heavy (non-hydrogen) atoms. The Morgan fingerprint density at radius 1 is 1.30 bits per heavy atom. The summed E-state index contributed by atoms with van der Waals surface area (Å²) in [5, 5.41) is 10.2. The van der Waals surface area contributed by atoms with E-state index >= 15 is 0 Å². The number of hydrogen-bond donors (Lipinski definition) is 4. The fourth-order valence-electron chi connectivity index (χ4n) is 2.95. The van der Waals surface area contributed by atoms with Crippen LogP contribution < -0.4 is 22.1 Å². The molecule has 0 aliphatic heterocycles. The molecule has 9 nitrogen and oxygen atoms in total. The molecule has 10 heteroatoms. The lowest BCUT2D eigenvalue weighted by Crippen LogP contribution is -2.30. The quantitative estimate of drug-likeness (QED) is 0.402. The minimum absolute atomic E-state index is 0.00485. The van der Waals surface area contributed by atoms with Crippen LogP contribution in [0.3, 0.4) is 0 Å². The Kier molecular flexibility index (Phi) is 6.91. The van der Waals surface area contributed by atoms with Crippen molar-refractivity contribution >= 4 is 23.2 Å². The van der Waals surface area contributed by atoms with Gasteiger partial charge in [0.25, 0.3) is 5.91 Å². The third-order valence-electron chi connectivity index (χ3n) is 4.53. The number of halogens is 1. The van der Waals surface area contributed by atoms with Gasteiger partial charge in [0.2, 0.25) is 0 Å². The first-order chi connectivity index (χ1) is 14.5. The molecule has 3 aromatic heterocycles. The van der Waals surface area contributed by atoms with Crippen LogP contribution in [0, 0.1) is 5.82 Å². The van der Waals surface area contributed by atoms with Crippen LogP contribution in [0.15, 0.2) is 43.0 Å². The molecule has 1 atom stereocenters. The second kappa shape index (κ2) is 9.79. The van der Waals surface area contributed by atoms with Crippen LogP contribution in [-0.4, -0.2) is 38.2 Å². The van der Waals surface area contributed by atoms with Crippen LogP contribution >= 0.6 is 0 Å². The fraction of sp³-hybridized carbons (Fsp3) is 0.300. The van der Waals surface area contributed by atoms with Crippen LogP contribution in [0.4, 0.5) is 21.7 Å². The van der Waals surface area contributed by atoms with Gasteiger partial charge in [0.05, 0.1) is 29.3 Å². The molecule has 3 rings (SSSR count). The van der Waals surface area contributed by atoms with E-state index in [-0.39, 0.29) is 23.2 Å². The summed E-state index contributed by atoms with van der Waals surface area (Å²) < 4.78 is 16.2. The normalized spacial score (nSPS) is 11.8. The number of rotatable bonds is 10. The van der Waals surface area contributed by atoms with Gasteiger partial charge < -0.3 is 22.1 Å². The maximum atomic E-state index is 14.6. The molecule has 0 saturated carbocycles. The largest absolute Gasteiger partial charge is 0.365 e. The SMILES string of the molecule is CCCCC(CN)Nc1nc(Nc2cncc(-n3cccn3)c2)c(C(N)=O)cc1F. The van der Waals surface area contributed by atoms with Crippen molar-refractivity contribution in [3.05, 3.63) is 54.4 Å². The molecule has 3 aromatic rings. The first-order valence-corrected chi connectivity index (χ1v) is 9.70. The molecule has 1 unspecified atom stereocenters. The summed E-state index contributed by atoms with van der Waals surface area (Å²) in [6, 6.07) is 4.49. The summed E-state index contributed by atoms with van der Waals surface area (Å²) in [4.78, 5) is 20.3. The first kappa shape index (κ1) is 21.2. The first-order valence-electron chi connectivity index (χ1n) is 9.70. The van der Waals surface area contributed by atoms with Crippen molar-refractivity contribution in [3.63, 3.8) is 0 Å². The van der Waals surface area contributed by atoms with Gasteiger partial charge in [-0.1, -0.05) is 19.8 Å². The van der Waals surface area contributed by atoms with Gasteiger partial charge in [-0.15, -0.1) is 0 Å². The van der Waals surface area contributed by atoms with E-state index in [9.17, 15) is 9.18 Å². The Labute approximate surface area is 173 Å². The Morgan fingerprint density at radius 3 is 2.80 bits per heavy atom. The van der Waals surface area contributed by atoms with Gasteiger partial charge in [-0.2, -0.15) is 5.10 Å². The summed E-state index contributed by atoms with van der Waals surface area (Å²) in [5.74, 6) is -1.34. The van der Waals surface area contributed by atoms with Crippen molar-refractivity contribution in [3.8, 4) is 5.69 Å². The predicted molar refractivity (Wildman–Crippen MR) is 113 cm³/mol. The monoisotopic (exact) mass is 412 g/mol. The summed E-state index contributed by atoms with van der Waals surface area (Å²) in [6.07, 6.45) is 9.35. The molecule has 0 aliphatic rings. The van der Waals surface area contributed by atoms with Crippen molar-refractivity contribution in [2.24, 2.45) is 11.5 Å². The molecule has 0 aliphatic carbocycles. The maximum Gasteiger partial charge on any atom is 0.252 e. The number of aromatic nitrogens is 4. The Morgan fingerprint density at radius 2 is 2.13 bits per heavy atom. The third-order valence-corrected chi connectivity index (χ3v) is 4.53. The van der Waals surface area contributed by atoms with Gasteiger partial charge in [0.1, 0.15) is 5.82 Å². The van der Waals surface area contributed by atoms with E-state index in [1.54, 1.807) is 41.6 Å². The van der Waals surface area contributed by atoms with Crippen LogP contribution in [-0.2, 0) is 0 Å². The number of pyridine rings is 2. The Hall–Kier alpha value is -3.53. The standard InChI is InChI=1S/C20H25FN8O/c1-2-3-5-13(10-22)26-20-17(21)9-16(18(23)30)19(28-20)27-14-8-15(12-24-11-14)29-7-4-6-25-29/h4,6-9,11-13H,2-3,5,10,22H2,1H3,(H2,23,30)(H2,26,27,28). The van der Waals surface area contributed by atoms with E-state index in [2.05, 4.69) is 32.6 Å². The molecular weight excluding hydrogens is 387 g/mol. The molecule has 3 heterocycles. The molecule has 0 spiro atoms. The van der Waals surface area contributed by atoms with E-state index in [1.165, 1.54) is 0 Å². The Bertz CT molecular complexity index is 992. The highest BCUT2D eigenvalue weighted by Gasteiger charge is 2.18. The molecule has 158 valence electrons. The molecular formula is C20H25FN8O. The highest BCUT2D eigenvalue weighted by Crippen LogP contribution is 2.25. The number of amides is 1. The number of nitrogens with two attached hydrogens (primary N) is 2. The summed E-state index contributed by atoms with van der Waals surface area (Å²) >= 11 is 0. The van der Waals surface area contributed by atoms with Crippen LogP contribution in [0.25, 0.3) is 5.69 Å². The van der Waals surface area contributed by atoms with Gasteiger partial charge in [-0.25, -0.2) is 14.1 Å². The van der Waals surface area contributed by atoms with Crippen LogP contribution in [0.1, 0.15) is 36.5 Å². The number of nitrogens with one attached hydrogen (secondary N) is 2. The van der Waals surface area contributed by atoms with E-state index in [0.717, 1.165) is 25.3 Å². The molecule has 6 N–H and O–H groups in total. The minimum atomic E-state index is -0.798. The summed E-state index contributed by atoms with van der Waals surface area (Å²) in [7, 11) is 0.